The average Bonchev–Trinajstić information content (AvgIpc) is 2.65. The van der Waals surface area contributed by atoms with Gasteiger partial charge < -0.3 is 4.57 Å². The molecule has 0 spiro atoms. The second-order valence-corrected chi connectivity index (χ2v) is 5.46. The summed E-state index contributed by atoms with van der Waals surface area (Å²) >= 11 is 5.77. The van der Waals surface area contributed by atoms with Crippen LogP contribution < -0.4 is 0 Å². The third-order valence-corrected chi connectivity index (χ3v) is 3.88. The summed E-state index contributed by atoms with van der Waals surface area (Å²) in [6.07, 6.45) is 9.32. The van der Waals surface area contributed by atoms with Crippen LogP contribution in [0.5, 0.6) is 0 Å². The van der Waals surface area contributed by atoms with Crippen molar-refractivity contribution in [2.45, 2.75) is 51.5 Å². The van der Waals surface area contributed by atoms with E-state index in [1.165, 1.54) is 25.7 Å². The topological polar surface area (TPSA) is 17.8 Å². The third-order valence-electron chi connectivity index (χ3n) is 3.60. The van der Waals surface area contributed by atoms with Gasteiger partial charge in [0, 0.05) is 12.2 Å². The third kappa shape index (κ3) is 2.20. The first-order chi connectivity index (χ1) is 7.13. The maximum atomic E-state index is 5.77. The molecule has 1 saturated carbocycles. The van der Waals surface area contributed by atoms with E-state index in [0.717, 1.165) is 5.69 Å². The highest BCUT2D eigenvalue weighted by molar-refractivity contribution is 6.16. The molecule has 0 radical (unpaired) electrons. The number of alkyl halides is 1. The van der Waals surface area contributed by atoms with Crippen molar-refractivity contribution in [3.63, 3.8) is 0 Å². The highest BCUT2D eigenvalue weighted by Crippen LogP contribution is 2.43. The van der Waals surface area contributed by atoms with Gasteiger partial charge in [-0.2, -0.15) is 0 Å². The van der Waals surface area contributed by atoms with Crippen molar-refractivity contribution >= 4 is 11.6 Å². The van der Waals surface area contributed by atoms with Crippen LogP contribution in [0.3, 0.4) is 0 Å². The van der Waals surface area contributed by atoms with Crippen LogP contribution in [0.1, 0.15) is 51.3 Å². The first-order valence-corrected chi connectivity index (χ1v) is 6.25. The average molecular weight is 227 g/mol. The Hall–Kier alpha value is -0.500. The normalized spacial score (nSPS) is 25.4. The molecule has 3 heteroatoms. The minimum atomic E-state index is 0.391. The van der Waals surface area contributed by atoms with Gasteiger partial charge in [-0.25, -0.2) is 4.98 Å². The number of hydrogen-bond donors (Lipinski definition) is 0. The molecule has 15 heavy (non-hydrogen) atoms. The van der Waals surface area contributed by atoms with E-state index in [1.807, 2.05) is 6.33 Å². The Bertz CT molecular complexity index is 330. The molecule has 0 aliphatic heterocycles. The summed E-state index contributed by atoms with van der Waals surface area (Å²) in [5.74, 6) is 0.514. The van der Waals surface area contributed by atoms with Gasteiger partial charge in [0.15, 0.2) is 0 Å². The molecule has 1 aliphatic carbocycles. The Labute approximate surface area is 96.7 Å². The molecule has 1 atom stereocenters. The Balaban J connectivity index is 2.21. The SMILES string of the molecule is CC1(C)CCCCC1n1cnc(CCl)c1. The summed E-state index contributed by atoms with van der Waals surface area (Å²) in [7, 11) is 0. The molecule has 0 aromatic carbocycles. The summed E-state index contributed by atoms with van der Waals surface area (Å²) in [5.41, 5.74) is 1.38. The predicted molar refractivity (Wildman–Crippen MR) is 63.1 cm³/mol. The second kappa shape index (κ2) is 4.17. The van der Waals surface area contributed by atoms with E-state index in [2.05, 4.69) is 29.6 Å². The molecule has 1 aromatic heterocycles. The van der Waals surface area contributed by atoms with Gasteiger partial charge in [-0.15, -0.1) is 11.6 Å². The molecule has 1 unspecified atom stereocenters. The molecule has 1 aromatic rings. The summed E-state index contributed by atoms with van der Waals surface area (Å²) in [6.45, 7) is 4.72. The fraction of sp³-hybridized carbons (Fsp3) is 0.750. The van der Waals surface area contributed by atoms with E-state index in [4.69, 9.17) is 11.6 Å². The molecule has 1 heterocycles. The smallest absolute Gasteiger partial charge is 0.0952 e. The van der Waals surface area contributed by atoms with Crippen LogP contribution in [0, 0.1) is 5.41 Å². The lowest BCUT2D eigenvalue weighted by molar-refractivity contribution is 0.144. The first kappa shape index (κ1) is 11.0. The van der Waals surface area contributed by atoms with Crippen molar-refractivity contribution in [2.75, 3.05) is 0 Å². The largest absolute Gasteiger partial charge is 0.334 e. The lowest BCUT2D eigenvalue weighted by atomic mass is 9.73. The van der Waals surface area contributed by atoms with E-state index in [9.17, 15) is 0 Å². The molecule has 0 amide bonds. The van der Waals surface area contributed by atoms with Gasteiger partial charge >= 0.3 is 0 Å². The molecular formula is C12H19ClN2. The molecule has 0 bridgehead atoms. The van der Waals surface area contributed by atoms with Crippen LogP contribution in [0.2, 0.25) is 0 Å². The van der Waals surface area contributed by atoms with Gasteiger partial charge in [0.1, 0.15) is 0 Å². The summed E-state index contributed by atoms with van der Waals surface area (Å²) in [4.78, 5) is 4.31. The lowest BCUT2D eigenvalue weighted by Gasteiger charge is -2.39. The second-order valence-electron chi connectivity index (χ2n) is 5.20. The first-order valence-electron chi connectivity index (χ1n) is 5.72. The van der Waals surface area contributed by atoms with Gasteiger partial charge in [-0.3, -0.25) is 0 Å². The molecule has 84 valence electrons. The Morgan fingerprint density at radius 2 is 2.33 bits per heavy atom. The van der Waals surface area contributed by atoms with Crippen molar-refractivity contribution in [3.8, 4) is 0 Å². The standard InChI is InChI=1S/C12H19ClN2/c1-12(2)6-4-3-5-11(12)15-8-10(7-13)14-9-15/h8-9,11H,3-7H2,1-2H3. The molecular weight excluding hydrogens is 208 g/mol. The monoisotopic (exact) mass is 226 g/mol. The maximum absolute atomic E-state index is 5.77. The minimum Gasteiger partial charge on any atom is -0.334 e. The van der Waals surface area contributed by atoms with Gasteiger partial charge in [0.05, 0.1) is 17.9 Å². The van der Waals surface area contributed by atoms with Gasteiger partial charge in [0.25, 0.3) is 0 Å². The van der Waals surface area contributed by atoms with Crippen LogP contribution in [0.25, 0.3) is 0 Å². The number of hydrogen-bond acceptors (Lipinski definition) is 1. The predicted octanol–water partition coefficient (Wildman–Crippen LogP) is 3.76. The molecule has 2 rings (SSSR count). The van der Waals surface area contributed by atoms with E-state index >= 15 is 0 Å². The highest BCUT2D eigenvalue weighted by atomic mass is 35.5. The highest BCUT2D eigenvalue weighted by Gasteiger charge is 2.33. The van der Waals surface area contributed by atoms with Crippen molar-refractivity contribution in [2.24, 2.45) is 5.41 Å². The van der Waals surface area contributed by atoms with Crippen LogP contribution in [0.4, 0.5) is 0 Å². The van der Waals surface area contributed by atoms with Crippen LogP contribution >= 0.6 is 11.6 Å². The van der Waals surface area contributed by atoms with E-state index in [0.29, 0.717) is 17.3 Å². The molecule has 2 nitrogen and oxygen atoms in total. The van der Waals surface area contributed by atoms with Crippen LogP contribution in [-0.4, -0.2) is 9.55 Å². The van der Waals surface area contributed by atoms with Crippen molar-refractivity contribution < 1.29 is 0 Å². The Morgan fingerprint density at radius 1 is 1.53 bits per heavy atom. The number of halogens is 1. The summed E-state index contributed by atoms with van der Waals surface area (Å²) in [5, 5.41) is 0. The summed E-state index contributed by atoms with van der Waals surface area (Å²) < 4.78 is 2.26. The van der Waals surface area contributed by atoms with Gasteiger partial charge in [-0.1, -0.05) is 26.7 Å². The minimum absolute atomic E-state index is 0.391. The molecule has 0 saturated heterocycles. The fourth-order valence-electron chi connectivity index (χ4n) is 2.65. The van der Waals surface area contributed by atoms with Crippen molar-refractivity contribution in [1.82, 2.24) is 9.55 Å². The molecule has 0 N–H and O–H groups in total. The van der Waals surface area contributed by atoms with E-state index in [1.54, 1.807) is 0 Å². The zero-order valence-corrected chi connectivity index (χ0v) is 10.3. The maximum Gasteiger partial charge on any atom is 0.0952 e. The van der Waals surface area contributed by atoms with Crippen molar-refractivity contribution in [3.05, 3.63) is 18.2 Å². The fourth-order valence-corrected chi connectivity index (χ4v) is 2.79. The van der Waals surface area contributed by atoms with E-state index < -0.39 is 0 Å². The van der Waals surface area contributed by atoms with Gasteiger partial charge in [0.2, 0.25) is 0 Å². The number of aromatic nitrogens is 2. The van der Waals surface area contributed by atoms with E-state index in [-0.39, 0.29) is 0 Å². The number of nitrogens with zero attached hydrogens (tertiary/aromatic N) is 2. The van der Waals surface area contributed by atoms with Gasteiger partial charge in [-0.05, 0) is 18.3 Å². The zero-order valence-electron chi connectivity index (χ0n) is 9.54. The number of rotatable bonds is 2. The van der Waals surface area contributed by atoms with Crippen molar-refractivity contribution in [1.29, 1.82) is 0 Å². The summed E-state index contributed by atoms with van der Waals surface area (Å²) in [6, 6.07) is 0.593. The zero-order chi connectivity index (χ0) is 10.9. The molecule has 1 aliphatic rings. The Morgan fingerprint density at radius 3 is 2.93 bits per heavy atom. The quantitative estimate of drug-likeness (QED) is 0.703. The molecule has 1 fully saturated rings. The van der Waals surface area contributed by atoms with Crippen LogP contribution in [-0.2, 0) is 5.88 Å². The lowest BCUT2D eigenvalue weighted by Crippen LogP contribution is -2.29. The van der Waals surface area contributed by atoms with Crippen LogP contribution in [0.15, 0.2) is 12.5 Å². The Kier molecular flexibility index (Phi) is 3.06. The number of imidazole rings is 1.